The quantitative estimate of drug-likeness (QED) is 0.798. The summed E-state index contributed by atoms with van der Waals surface area (Å²) in [6, 6.07) is 0.611. The minimum absolute atomic E-state index is 0.411. The molecular weight excluding hydrogens is 202 g/mol. The van der Waals surface area contributed by atoms with Gasteiger partial charge >= 0.3 is 0 Å². The van der Waals surface area contributed by atoms with Crippen LogP contribution in [0, 0.1) is 0 Å². The van der Waals surface area contributed by atoms with Gasteiger partial charge in [-0.05, 0) is 32.7 Å². The first-order valence-corrected chi connectivity index (χ1v) is 6.70. The van der Waals surface area contributed by atoms with Crippen LogP contribution >= 0.6 is 0 Å². The Bertz CT molecular complexity index is 208. The largest absolute Gasteiger partial charge is 0.389 e. The Morgan fingerprint density at radius 3 is 2.44 bits per heavy atom. The second-order valence-corrected chi connectivity index (χ2v) is 5.54. The molecule has 2 rings (SSSR count). The zero-order chi connectivity index (χ0) is 11.4. The fourth-order valence-electron chi connectivity index (χ4n) is 3.09. The topological polar surface area (TPSA) is 32.7 Å². The molecule has 1 aliphatic carbocycles. The lowest BCUT2D eigenvalue weighted by atomic mass is 9.84. The van der Waals surface area contributed by atoms with E-state index < -0.39 is 5.60 Å². The molecule has 1 heterocycles. The van der Waals surface area contributed by atoms with Gasteiger partial charge in [0, 0.05) is 25.8 Å². The first kappa shape index (κ1) is 12.3. The summed E-state index contributed by atoms with van der Waals surface area (Å²) in [5, 5.41) is 10.5. The number of rotatable bonds is 3. The van der Waals surface area contributed by atoms with Crippen LogP contribution in [0.5, 0.6) is 0 Å². The van der Waals surface area contributed by atoms with E-state index in [0.717, 1.165) is 45.4 Å². The molecule has 0 unspecified atom stereocenters. The highest BCUT2D eigenvalue weighted by Gasteiger charge is 2.32. The van der Waals surface area contributed by atoms with E-state index in [1.165, 1.54) is 19.3 Å². The Balaban J connectivity index is 1.82. The van der Waals surface area contributed by atoms with Gasteiger partial charge in [0.2, 0.25) is 0 Å². The highest BCUT2D eigenvalue weighted by atomic mass is 16.5. The van der Waals surface area contributed by atoms with E-state index in [1.54, 1.807) is 0 Å². The minimum Gasteiger partial charge on any atom is -0.389 e. The van der Waals surface area contributed by atoms with Crippen LogP contribution in [0.15, 0.2) is 0 Å². The van der Waals surface area contributed by atoms with Crippen molar-refractivity contribution in [2.24, 2.45) is 0 Å². The molecule has 0 aromatic heterocycles. The Morgan fingerprint density at radius 2 is 1.81 bits per heavy atom. The SMILES string of the molecule is CN(CC1(O)CCCCC1)C1CCOCC1. The van der Waals surface area contributed by atoms with Crippen LogP contribution < -0.4 is 0 Å². The fraction of sp³-hybridized carbons (Fsp3) is 1.00. The smallest absolute Gasteiger partial charge is 0.0774 e. The van der Waals surface area contributed by atoms with E-state index in [2.05, 4.69) is 11.9 Å². The van der Waals surface area contributed by atoms with Gasteiger partial charge in [0.1, 0.15) is 0 Å². The summed E-state index contributed by atoms with van der Waals surface area (Å²) >= 11 is 0. The van der Waals surface area contributed by atoms with Crippen LogP contribution in [0.4, 0.5) is 0 Å². The van der Waals surface area contributed by atoms with E-state index in [9.17, 15) is 5.11 Å². The van der Waals surface area contributed by atoms with E-state index in [1.807, 2.05) is 0 Å². The maximum atomic E-state index is 10.5. The zero-order valence-corrected chi connectivity index (χ0v) is 10.5. The van der Waals surface area contributed by atoms with Gasteiger partial charge in [-0.3, -0.25) is 0 Å². The molecule has 1 saturated heterocycles. The lowest BCUT2D eigenvalue weighted by molar-refractivity contribution is -0.0427. The summed E-state index contributed by atoms with van der Waals surface area (Å²) in [5.41, 5.74) is -0.411. The summed E-state index contributed by atoms with van der Waals surface area (Å²) < 4.78 is 5.38. The molecule has 2 fully saturated rings. The van der Waals surface area contributed by atoms with Crippen LogP contribution in [0.3, 0.4) is 0 Å². The van der Waals surface area contributed by atoms with Crippen molar-refractivity contribution in [2.45, 2.75) is 56.6 Å². The number of aliphatic hydroxyl groups is 1. The van der Waals surface area contributed by atoms with Crippen LogP contribution in [-0.4, -0.2) is 48.5 Å². The second-order valence-electron chi connectivity index (χ2n) is 5.54. The molecule has 3 nitrogen and oxygen atoms in total. The van der Waals surface area contributed by atoms with E-state index in [0.29, 0.717) is 6.04 Å². The molecule has 1 aliphatic heterocycles. The van der Waals surface area contributed by atoms with Crippen molar-refractivity contribution in [3.8, 4) is 0 Å². The van der Waals surface area contributed by atoms with Gasteiger partial charge in [0.25, 0.3) is 0 Å². The van der Waals surface area contributed by atoms with E-state index >= 15 is 0 Å². The van der Waals surface area contributed by atoms with Crippen LogP contribution in [0.2, 0.25) is 0 Å². The van der Waals surface area contributed by atoms with E-state index in [4.69, 9.17) is 4.74 Å². The van der Waals surface area contributed by atoms with Crippen molar-refractivity contribution in [1.82, 2.24) is 4.90 Å². The monoisotopic (exact) mass is 227 g/mol. The molecule has 0 atom stereocenters. The first-order chi connectivity index (χ1) is 7.70. The molecule has 16 heavy (non-hydrogen) atoms. The minimum atomic E-state index is -0.411. The fourth-order valence-corrected chi connectivity index (χ4v) is 3.09. The van der Waals surface area contributed by atoms with Crippen molar-refractivity contribution in [3.63, 3.8) is 0 Å². The number of hydrogen-bond acceptors (Lipinski definition) is 3. The Hall–Kier alpha value is -0.120. The Morgan fingerprint density at radius 1 is 1.19 bits per heavy atom. The predicted molar refractivity (Wildman–Crippen MR) is 64.5 cm³/mol. The standard InChI is InChI=1S/C13H25NO2/c1-14(12-5-9-16-10-6-12)11-13(15)7-3-2-4-8-13/h12,15H,2-11H2,1H3. The molecule has 0 amide bonds. The maximum absolute atomic E-state index is 10.5. The summed E-state index contributed by atoms with van der Waals surface area (Å²) in [6.45, 7) is 2.61. The highest BCUT2D eigenvalue weighted by molar-refractivity contribution is 4.87. The maximum Gasteiger partial charge on any atom is 0.0774 e. The summed E-state index contributed by atoms with van der Waals surface area (Å²) in [4.78, 5) is 2.36. The Kier molecular flexibility index (Phi) is 4.22. The van der Waals surface area contributed by atoms with Crippen molar-refractivity contribution >= 4 is 0 Å². The summed E-state index contributed by atoms with van der Waals surface area (Å²) in [7, 11) is 2.16. The van der Waals surface area contributed by atoms with Crippen molar-refractivity contribution in [2.75, 3.05) is 26.8 Å². The molecule has 94 valence electrons. The molecule has 3 heteroatoms. The molecule has 2 aliphatic rings. The molecule has 1 N–H and O–H groups in total. The average Bonchev–Trinajstić information content (AvgIpc) is 2.30. The normalized spacial score (nSPS) is 27.2. The van der Waals surface area contributed by atoms with Gasteiger partial charge in [-0.2, -0.15) is 0 Å². The predicted octanol–water partition coefficient (Wildman–Crippen LogP) is 1.79. The van der Waals surface area contributed by atoms with Gasteiger partial charge in [-0.1, -0.05) is 19.3 Å². The van der Waals surface area contributed by atoms with Gasteiger partial charge in [0.15, 0.2) is 0 Å². The van der Waals surface area contributed by atoms with Gasteiger partial charge < -0.3 is 14.7 Å². The molecule has 1 saturated carbocycles. The molecule has 0 aromatic carbocycles. The van der Waals surface area contributed by atoms with Gasteiger partial charge in [0.05, 0.1) is 5.60 Å². The third-order valence-corrected chi connectivity index (χ3v) is 4.14. The van der Waals surface area contributed by atoms with Crippen LogP contribution in [0.25, 0.3) is 0 Å². The van der Waals surface area contributed by atoms with Gasteiger partial charge in [-0.15, -0.1) is 0 Å². The Labute approximate surface area is 98.8 Å². The zero-order valence-electron chi connectivity index (χ0n) is 10.5. The summed E-state index contributed by atoms with van der Waals surface area (Å²) in [6.07, 6.45) is 7.89. The number of ether oxygens (including phenoxy) is 1. The molecule has 0 aromatic rings. The van der Waals surface area contributed by atoms with Crippen molar-refractivity contribution in [3.05, 3.63) is 0 Å². The molecule has 0 radical (unpaired) electrons. The first-order valence-electron chi connectivity index (χ1n) is 6.70. The number of hydrogen-bond donors (Lipinski definition) is 1. The van der Waals surface area contributed by atoms with Crippen LogP contribution in [0.1, 0.15) is 44.9 Å². The van der Waals surface area contributed by atoms with E-state index in [-0.39, 0.29) is 0 Å². The average molecular weight is 227 g/mol. The highest BCUT2D eigenvalue weighted by Crippen LogP contribution is 2.29. The summed E-state index contributed by atoms with van der Waals surface area (Å²) in [5.74, 6) is 0. The van der Waals surface area contributed by atoms with Gasteiger partial charge in [-0.25, -0.2) is 0 Å². The molecule has 0 bridgehead atoms. The van der Waals surface area contributed by atoms with Crippen molar-refractivity contribution in [1.29, 1.82) is 0 Å². The number of nitrogens with zero attached hydrogens (tertiary/aromatic N) is 1. The second kappa shape index (κ2) is 5.48. The lowest BCUT2D eigenvalue weighted by Gasteiger charge is -2.39. The lowest BCUT2D eigenvalue weighted by Crippen LogP contribution is -2.48. The third kappa shape index (κ3) is 3.19. The molecule has 0 spiro atoms. The third-order valence-electron chi connectivity index (χ3n) is 4.14. The molecular formula is C13H25NO2. The van der Waals surface area contributed by atoms with Crippen molar-refractivity contribution < 1.29 is 9.84 Å². The number of likely N-dealkylation sites (N-methyl/N-ethyl adjacent to an activating group) is 1. The van der Waals surface area contributed by atoms with Crippen LogP contribution in [-0.2, 0) is 4.74 Å².